The molecule has 0 aromatic carbocycles. The zero-order valence-electron chi connectivity index (χ0n) is 10.0. The van der Waals surface area contributed by atoms with E-state index in [-0.39, 0.29) is 12.5 Å². The molecule has 1 rings (SSSR count). The summed E-state index contributed by atoms with van der Waals surface area (Å²) in [5.41, 5.74) is 0. The van der Waals surface area contributed by atoms with Crippen LogP contribution in [-0.2, 0) is 14.3 Å². The van der Waals surface area contributed by atoms with Gasteiger partial charge in [-0.2, -0.15) is 8.42 Å². The first-order valence-electron chi connectivity index (χ1n) is 6.00. The van der Waals surface area contributed by atoms with E-state index in [1.54, 1.807) is 0 Å². The summed E-state index contributed by atoms with van der Waals surface area (Å²) in [5, 5.41) is 0. The van der Waals surface area contributed by atoms with Crippen molar-refractivity contribution in [3.8, 4) is 0 Å². The van der Waals surface area contributed by atoms with Crippen molar-refractivity contribution in [2.75, 3.05) is 12.9 Å². The molecule has 0 aromatic heterocycles. The van der Waals surface area contributed by atoms with E-state index in [0.717, 1.165) is 6.26 Å². The van der Waals surface area contributed by atoms with Gasteiger partial charge in [0.25, 0.3) is 10.1 Å². The van der Waals surface area contributed by atoms with Crippen LogP contribution in [-0.4, -0.2) is 21.3 Å². The lowest BCUT2D eigenvalue weighted by molar-refractivity contribution is 0.221. The van der Waals surface area contributed by atoms with Gasteiger partial charge in [-0.3, -0.25) is 4.18 Å². The highest BCUT2D eigenvalue weighted by atomic mass is 32.2. The quantitative estimate of drug-likeness (QED) is 0.425. The first-order chi connectivity index (χ1) is 7.53. The third-order valence-corrected chi connectivity index (χ3v) is 3.85. The van der Waals surface area contributed by atoms with Crippen LogP contribution in [0.5, 0.6) is 0 Å². The molecule has 0 radical (unpaired) electrons. The molecule has 1 fully saturated rings. The van der Waals surface area contributed by atoms with E-state index in [9.17, 15) is 8.42 Å². The summed E-state index contributed by atoms with van der Waals surface area (Å²) in [6.45, 7) is 4.05. The predicted molar refractivity (Wildman–Crippen MR) is 65.7 cm³/mol. The summed E-state index contributed by atoms with van der Waals surface area (Å²) >= 11 is 0. The van der Waals surface area contributed by atoms with Crippen molar-refractivity contribution >= 4 is 10.1 Å². The van der Waals surface area contributed by atoms with Crippen molar-refractivity contribution in [2.24, 2.45) is 11.8 Å². The van der Waals surface area contributed by atoms with Crippen LogP contribution >= 0.6 is 0 Å². The van der Waals surface area contributed by atoms with Gasteiger partial charge in [0.15, 0.2) is 0 Å². The van der Waals surface area contributed by atoms with Crippen molar-refractivity contribution < 1.29 is 12.6 Å². The Balaban J connectivity index is 2.48. The molecule has 0 saturated heterocycles. The average Bonchev–Trinajstić information content (AvgIpc) is 2.46. The average molecular weight is 246 g/mol. The highest BCUT2D eigenvalue weighted by Gasteiger charge is 2.21. The highest BCUT2D eigenvalue weighted by molar-refractivity contribution is 7.85. The van der Waals surface area contributed by atoms with Crippen LogP contribution in [0.25, 0.3) is 0 Å². The standard InChI is InChI=1S/C12H22O3S/c1-3-11(10-15-16(2,13)14)12-8-6-4-5-7-9-12/h3,11-12H,1,4-10H2,2H3. The van der Waals surface area contributed by atoms with E-state index >= 15 is 0 Å². The second kappa shape index (κ2) is 6.40. The molecular weight excluding hydrogens is 224 g/mol. The molecule has 1 atom stereocenters. The predicted octanol–water partition coefficient (Wildman–Crippen LogP) is 2.74. The molecule has 0 amide bonds. The van der Waals surface area contributed by atoms with Crippen molar-refractivity contribution in [1.29, 1.82) is 0 Å². The summed E-state index contributed by atoms with van der Waals surface area (Å²) in [5.74, 6) is 0.717. The van der Waals surface area contributed by atoms with E-state index in [2.05, 4.69) is 6.58 Å². The molecule has 0 aliphatic heterocycles. The number of hydrogen-bond acceptors (Lipinski definition) is 3. The second-order valence-electron chi connectivity index (χ2n) is 4.64. The molecule has 0 aromatic rings. The first kappa shape index (κ1) is 13.7. The Labute approximate surface area is 99.0 Å². The third-order valence-electron chi connectivity index (χ3n) is 3.28. The summed E-state index contributed by atoms with van der Waals surface area (Å²) in [4.78, 5) is 0. The van der Waals surface area contributed by atoms with Crippen molar-refractivity contribution in [3.05, 3.63) is 12.7 Å². The van der Waals surface area contributed by atoms with Gasteiger partial charge in [-0.05, 0) is 18.8 Å². The van der Waals surface area contributed by atoms with Crippen LogP contribution in [0.15, 0.2) is 12.7 Å². The van der Waals surface area contributed by atoms with E-state index in [4.69, 9.17) is 4.18 Å². The second-order valence-corrected chi connectivity index (χ2v) is 6.28. The van der Waals surface area contributed by atoms with Crippen LogP contribution in [0.1, 0.15) is 38.5 Å². The fourth-order valence-electron chi connectivity index (χ4n) is 2.34. The minimum atomic E-state index is -3.32. The minimum Gasteiger partial charge on any atom is -0.270 e. The number of hydrogen-bond donors (Lipinski definition) is 0. The van der Waals surface area contributed by atoms with Crippen LogP contribution in [0, 0.1) is 11.8 Å². The Kier molecular flexibility index (Phi) is 5.49. The highest BCUT2D eigenvalue weighted by Crippen LogP contribution is 2.30. The maximum atomic E-state index is 10.9. The SMILES string of the molecule is C=CC(COS(C)(=O)=O)C1CCCCCC1. The molecule has 0 heterocycles. The Morgan fingerprint density at radius 1 is 1.31 bits per heavy atom. The van der Waals surface area contributed by atoms with Crippen LogP contribution in [0.4, 0.5) is 0 Å². The molecule has 0 N–H and O–H groups in total. The van der Waals surface area contributed by atoms with E-state index in [1.807, 2.05) is 6.08 Å². The third kappa shape index (κ3) is 5.12. The molecule has 3 nitrogen and oxygen atoms in total. The van der Waals surface area contributed by atoms with Crippen molar-refractivity contribution in [2.45, 2.75) is 38.5 Å². The van der Waals surface area contributed by atoms with Gasteiger partial charge < -0.3 is 0 Å². The lowest BCUT2D eigenvalue weighted by Crippen LogP contribution is -2.20. The fourth-order valence-corrected chi connectivity index (χ4v) is 2.74. The fraction of sp³-hybridized carbons (Fsp3) is 0.833. The Hall–Kier alpha value is -0.350. The largest absolute Gasteiger partial charge is 0.270 e. The monoisotopic (exact) mass is 246 g/mol. The van der Waals surface area contributed by atoms with Crippen LogP contribution < -0.4 is 0 Å². The van der Waals surface area contributed by atoms with Gasteiger partial charge in [-0.15, -0.1) is 6.58 Å². The van der Waals surface area contributed by atoms with Crippen LogP contribution in [0.3, 0.4) is 0 Å². The van der Waals surface area contributed by atoms with Gasteiger partial charge in [0.2, 0.25) is 0 Å². The van der Waals surface area contributed by atoms with Crippen molar-refractivity contribution in [3.63, 3.8) is 0 Å². The zero-order chi connectivity index (χ0) is 12.0. The van der Waals surface area contributed by atoms with Crippen molar-refractivity contribution in [1.82, 2.24) is 0 Å². The van der Waals surface area contributed by atoms with Gasteiger partial charge in [0.05, 0.1) is 12.9 Å². The molecule has 1 unspecified atom stereocenters. The van der Waals surface area contributed by atoms with Crippen LogP contribution in [0.2, 0.25) is 0 Å². The molecule has 1 saturated carbocycles. The summed E-state index contributed by atoms with van der Waals surface area (Å²) < 4.78 is 26.8. The van der Waals surface area contributed by atoms with E-state index < -0.39 is 10.1 Å². The van der Waals surface area contributed by atoms with E-state index in [1.165, 1.54) is 38.5 Å². The lowest BCUT2D eigenvalue weighted by Gasteiger charge is -2.22. The summed E-state index contributed by atoms with van der Waals surface area (Å²) in [6.07, 6.45) is 10.4. The molecular formula is C12H22O3S. The van der Waals surface area contributed by atoms with Gasteiger partial charge in [-0.1, -0.05) is 31.8 Å². The summed E-state index contributed by atoms with van der Waals surface area (Å²) in [7, 11) is -3.32. The normalized spacial score (nSPS) is 21.3. The maximum absolute atomic E-state index is 10.9. The van der Waals surface area contributed by atoms with Gasteiger partial charge in [-0.25, -0.2) is 0 Å². The molecule has 94 valence electrons. The summed E-state index contributed by atoms with van der Waals surface area (Å²) in [6, 6.07) is 0. The van der Waals surface area contributed by atoms with Gasteiger partial charge in [0, 0.05) is 5.92 Å². The Morgan fingerprint density at radius 3 is 2.31 bits per heavy atom. The molecule has 16 heavy (non-hydrogen) atoms. The molecule has 1 aliphatic carbocycles. The topological polar surface area (TPSA) is 43.4 Å². The maximum Gasteiger partial charge on any atom is 0.264 e. The zero-order valence-corrected chi connectivity index (χ0v) is 10.8. The lowest BCUT2D eigenvalue weighted by atomic mass is 9.87. The number of rotatable bonds is 5. The van der Waals surface area contributed by atoms with Gasteiger partial charge in [0.1, 0.15) is 0 Å². The molecule has 1 aliphatic rings. The smallest absolute Gasteiger partial charge is 0.264 e. The molecule has 0 spiro atoms. The minimum absolute atomic E-state index is 0.174. The first-order valence-corrected chi connectivity index (χ1v) is 7.81. The Morgan fingerprint density at radius 2 is 1.88 bits per heavy atom. The van der Waals surface area contributed by atoms with E-state index in [0.29, 0.717) is 5.92 Å². The van der Waals surface area contributed by atoms with Gasteiger partial charge >= 0.3 is 0 Å². The molecule has 4 heteroatoms. The molecule has 0 bridgehead atoms. The Bertz CT molecular complexity index is 300.